The Kier molecular flexibility index (Phi) is 2.96. The summed E-state index contributed by atoms with van der Waals surface area (Å²) in [5.74, 6) is 0.844. The van der Waals surface area contributed by atoms with E-state index in [2.05, 4.69) is 11.1 Å². The van der Waals surface area contributed by atoms with Gasteiger partial charge in [0.1, 0.15) is 17.4 Å². The van der Waals surface area contributed by atoms with Gasteiger partial charge in [-0.3, -0.25) is 0 Å². The Morgan fingerprint density at radius 1 is 1.25 bits per heavy atom. The standard InChI is InChI=1S/C16H12ClN3/c1-10-8-12(17)6-7-13(10)16-19-15-11(9-18)4-3-5-14(15)20(16)2/h3-8H,1-2H3. The van der Waals surface area contributed by atoms with Gasteiger partial charge in [0.15, 0.2) is 0 Å². The van der Waals surface area contributed by atoms with E-state index in [1.54, 1.807) is 6.07 Å². The number of nitrogens with zero attached hydrogens (tertiary/aromatic N) is 3. The molecule has 3 rings (SSSR count). The van der Waals surface area contributed by atoms with Gasteiger partial charge in [0, 0.05) is 17.6 Å². The molecular formula is C16H12ClN3. The van der Waals surface area contributed by atoms with E-state index in [-0.39, 0.29) is 0 Å². The van der Waals surface area contributed by atoms with E-state index >= 15 is 0 Å². The van der Waals surface area contributed by atoms with Crippen molar-refractivity contribution in [3.05, 3.63) is 52.5 Å². The Morgan fingerprint density at radius 3 is 2.75 bits per heavy atom. The number of imidazole rings is 1. The van der Waals surface area contributed by atoms with Gasteiger partial charge in [0.25, 0.3) is 0 Å². The second-order valence-electron chi connectivity index (χ2n) is 4.74. The second-order valence-corrected chi connectivity index (χ2v) is 5.18. The zero-order valence-electron chi connectivity index (χ0n) is 11.2. The SMILES string of the molecule is Cc1cc(Cl)ccc1-c1nc2c(C#N)cccc2n1C. The molecule has 1 heterocycles. The summed E-state index contributed by atoms with van der Waals surface area (Å²) >= 11 is 6.00. The largest absolute Gasteiger partial charge is 0.327 e. The Labute approximate surface area is 122 Å². The topological polar surface area (TPSA) is 41.6 Å². The molecule has 0 atom stereocenters. The van der Waals surface area contributed by atoms with Gasteiger partial charge in [-0.1, -0.05) is 17.7 Å². The average molecular weight is 282 g/mol. The van der Waals surface area contributed by atoms with Crippen LogP contribution < -0.4 is 0 Å². The fourth-order valence-electron chi connectivity index (χ4n) is 2.42. The van der Waals surface area contributed by atoms with Crippen LogP contribution in [0.2, 0.25) is 5.02 Å². The van der Waals surface area contributed by atoms with Gasteiger partial charge in [-0.25, -0.2) is 4.98 Å². The quantitative estimate of drug-likeness (QED) is 0.674. The molecule has 98 valence electrons. The van der Waals surface area contributed by atoms with E-state index in [0.29, 0.717) is 10.6 Å². The molecule has 0 amide bonds. The monoisotopic (exact) mass is 281 g/mol. The number of aryl methyl sites for hydroxylation is 2. The summed E-state index contributed by atoms with van der Waals surface area (Å²) in [6.07, 6.45) is 0. The van der Waals surface area contributed by atoms with E-state index < -0.39 is 0 Å². The molecule has 0 fully saturated rings. The Hall–Kier alpha value is -2.31. The zero-order valence-corrected chi connectivity index (χ0v) is 11.9. The number of hydrogen-bond donors (Lipinski definition) is 0. The van der Waals surface area contributed by atoms with Crippen molar-refractivity contribution in [2.24, 2.45) is 7.05 Å². The molecular weight excluding hydrogens is 270 g/mol. The van der Waals surface area contributed by atoms with E-state index in [4.69, 9.17) is 11.6 Å². The minimum atomic E-state index is 0.593. The summed E-state index contributed by atoms with van der Waals surface area (Å²) in [5, 5.41) is 9.89. The first kappa shape index (κ1) is 12.7. The highest BCUT2D eigenvalue weighted by Gasteiger charge is 2.14. The summed E-state index contributed by atoms with van der Waals surface area (Å²) in [5.41, 5.74) is 4.37. The molecule has 0 aliphatic heterocycles. The van der Waals surface area contributed by atoms with Crippen molar-refractivity contribution >= 4 is 22.6 Å². The number of rotatable bonds is 1. The Balaban J connectivity index is 2.33. The minimum Gasteiger partial charge on any atom is -0.327 e. The summed E-state index contributed by atoms with van der Waals surface area (Å²) < 4.78 is 2.01. The van der Waals surface area contributed by atoms with Crippen molar-refractivity contribution in [1.82, 2.24) is 9.55 Å². The van der Waals surface area contributed by atoms with Crippen LogP contribution in [0.3, 0.4) is 0 Å². The highest BCUT2D eigenvalue weighted by Crippen LogP contribution is 2.29. The smallest absolute Gasteiger partial charge is 0.141 e. The molecule has 0 aliphatic rings. The van der Waals surface area contributed by atoms with Crippen molar-refractivity contribution in [3.63, 3.8) is 0 Å². The summed E-state index contributed by atoms with van der Waals surface area (Å²) in [6, 6.07) is 13.6. The minimum absolute atomic E-state index is 0.593. The molecule has 0 aliphatic carbocycles. The van der Waals surface area contributed by atoms with Crippen molar-refractivity contribution in [2.75, 3.05) is 0 Å². The lowest BCUT2D eigenvalue weighted by Crippen LogP contribution is -1.94. The lowest BCUT2D eigenvalue weighted by molar-refractivity contribution is 0.957. The molecule has 3 aromatic rings. The predicted octanol–water partition coefficient (Wildman–Crippen LogP) is 4.07. The number of benzene rings is 2. The normalized spacial score (nSPS) is 10.7. The molecule has 4 heteroatoms. The number of nitriles is 1. The number of para-hydroxylation sites is 1. The molecule has 0 bridgehead atoms. The molecule has 0 radical (unpaired) electrons. The van der Waals surface area contributed by atoms with Gasteiger partial charge in [-0.05, 0) is 42.8 Å². The van der Waals surface area contributed by atoms with Crippen LogP contribution in [0, 0.1) is 18.3 Å². The van der Waals surface area contributed by atoms with Gasteiger partial charge in [-0.15, -0.1) is 0 Å². The summed E-state index contributed by atoms with van der Waals surface area (Å²) in [4.78, 5) is 4.64. The first-order valence-corrected chi connectivity index (χ1v) is 6.61. The van der Waals surface area contributed by atoms with Crippen LogP contribution in [0.1, 0.15) is 11.1 Å². The predicted molar refractivity (Wildman–Crippen MR) is 80.6 cm³/mol. The maximum absolute atomic E-state index is 9.18. The van der Waals surface area contributed by atoms with E-state index in [1.807, 2.05) is 48.9 Å². The van der Waals surface area contributed by atoms with Crippen molar-refractivity contribution in [1.29, 1.82) is 5.26 Å². The maximum Gasteiger partial charge on any atom is 0.141 e. The van der Waals surface area contributed by atoms with Gasteiger partial charge < -0.3 is 4.57 Å². The fourth-order valence-corrected chi connectivity index (χ4v) is 2.65. The van der Waals surface area contributed by atoms with Crippen LogP contribution in [-0.2, 0) is 7.05 Å². The highest BCUT2D eigenvalue weighted by atomic mass is 35.5. The maximum atomic E-state index is 9.18. The van der Waals surface area contributed by atoms with Crippen LogP contribution in [0.4, 0.5) is 0 Å². The third-order valence-corrected chi connectivity index (χ3v) is 3.70. The van der Waals surface area contributed by atoms with Gasteiger partial charge in [0.2, 0.25) is 0 Å². The Bertz CT molecular complexity index is 856. The highest BCUT2D eigenvalue weighted by molar-refractivity contribution is 6.30. The summed E-state index contributed by atoms with van der Waals surface area (Å²) in [6.45, 7) is 2.01. The molecule has 3 nitrogen and oxygen atoms in total. The molecule has 0 N–H and O–H groups in total. The van der Waals surface area contributed by atoms with Crippen molar-refractivity contribution in [3.8, 4) is 17.5 Å². The molecule has 0 unspecified atom stereocenters. The van der Waals surface area contributed by atoms with Gasteiger partial charge >= 0.3 is 0 Å². The van der Waals surface area contributed by atoms with Crippen LogP contribution in [-0.4, -0.2) is 9.55 Å². The molecule has 0 saturated carbocycles. The summed E-state index contributed by atoms with van der Waals surface area (Å²) in [7, 11) is 1.96. The number of aromatic nitrogens is 2. The van der Waals surface area contributed by atoms with Crippen LogP contribution in [0.15, 0.2) is 36.4 Å². The number of fused-ring (bicyclic) bond motifs is 1. The van der Waals surface area contributed by atoms with Crippen molar-refractivity contribution < 1.29 is 0 Å². The molecule has 0 saturated heterocycles. The third kappa shape index (κ3) is 1.86. The molecule has 0 spiro atoms. The third-order valence-electron chi connectivity index (χ3n) is 3.46. The average Bonchev–Trinajstić information content (AvgIpc) is 2.76. The van der Waals surface area contributed by atoms with Gasteiger partial charge in [-0.2, -0.15) is 5.26 Å². The lowest BCUT2D eigenvalue weighted by Gasteiger charge is -2.06. The lowest BCUT2D eigenvalue weighted by atomic mass is 10.1. The zero-order chi connectivity index (χ0) is 14.3. The second kappa shape index (κ2) is 4.66. The fraction of sp³-hybridized carbons (Fsp3) is 0.125. The van der Waals surface area contributed by atoms with Gasteiger partial charge in [0.05, 0.1) is 11.1 Å². The van der Waals surface area contributed by atoms with E-state index in [0.717, 1.165) is 28.0 Å². The van der Waals surface area contributed by atoms with Crippen LogP contribution in [0.25, 0.3) is 22.4 Å². The first-order chi connectivity index (χ1) is 9.61. The van der Waals surface area contributed by atoms with Crippen LogP contribution >= 0.6 is 11.6 Å². The number of hydrogen-bond acceptors (Lipinski definition) is 2. The molecule has 2 aromatic carbocycles. The Morgan fingerprint density at radius 2 is 2.05 bits per heavy atom. The van der Waals surface area contributed by atoms with E-state index in [9.17, 15) is 5.26 Å². The first-order valence-electron chi connectivity index (χ1n) is 6.24. The molecule has 1 aromatic heterocycles. The van der Waals surface area contributed by atoms with Crippen LogP contribution in [0.5, 0.6) is 0 Å². The van der Waals surface area contributed by atoms with Crippen molar-refractivity contribution in [2.45, 2.75) is 6.92 Å². The van der Waals surface area contributed by atoms with E-state index in [1.165, 1.54) is 0 Å². The number of halogens is 1. The molecule has 20 heavy (non-hydrogen) atoms.